The lowest BCUT2D eigenvalue weighted by molar-refractivity contribution is -0.140. The van der Waals surface area contributed by atoms with E-state index in [1.165, 1.54) is 26.4 Å². The van der Waals surface area contributed by atoms with Gasteiger partial charge in [-0.25, -0.2) is 8.78 Å². The van der Waals surface area contributed by atoms with Gasteiger partial charge in [-0.15, -0.1) is 11.3 Å². The van der Waals surface area contributed by atoms with E-state index in [0.29, 0.717) is 33.9 Å². The number of carbonyl (C=O) groups excluding carboxylic acids is 1. The number of nitrogens with zero attached hydrogens (tertiary/aromatic N) is 2. The van der Waals surface area contributed by atoms with Gasteiger partial charge in [0.05, 0.1) is 43.3 Å². The summed E-state index contributed by atoms with van der Waals surface area (Å²) < 4.78 is 80.5. The Balaban J connectivity index is 1.91. The van der Waals surface area contributed by atoms with E-state index in [-0.39, 0.29) is 22.6 Å². The van der Waals surface area contributed by atoms with E-state index < -0.39 is 47.0 Å². The van der Waals surface area contributed by atoms with Gasteiger partial charge in [0.1, 0.15) is 29.0 Å². The van der Waals surface area contributed by atoms with Crippen molar-refractivity contribution < 1.29 is 36.2 Å². The summed E-state index contributed by atoms with van der Waals surface area (Å²) in [6.45, 7) is -0.557. The quantitative estimate of drug-likeness (QED) is 0.194. The molecule has 4 rings (SSSR count). The SMILES string of the molecule is COC(=O)Cc1ccc(OC)c(-c2ccc(-c3cc(C(F)(F)F)c(C#N)c(=O)n3Cc3ccc(F)cc3F)s2)c1. The summed E-state index contributed by atoms with van der Waals surface area (Å²) in [6, 6.07) is 12.6. The number of rotatable bonds is 7. The van der Waals surface area contributed by atoms with Crippen molar-refractivity contribution in [1.82, 2.24) is 4.57 Å². The lowest BCUT2D eigenvalue weighted by Crippen LogP contribution is -2.28. The van der Waals surface area contributed by atoms with E-state index in [1.54, 1.807) is 24.3 Å². The van der Waals surface area contributed by atoms with Crippen LogP contribution in [0.1, 0.15) is 22.3 Å². The topological polar surface area (TPSA) is 81.3 Å². The van der Waals surface area contributed by atoms with Gasteiger partial charge in [-0.3, -0.25) is 9.59 Å². The van der Waals surface area contributed by atoms with Crippen molar-refractivity contribution in [1.29, 1.82) is 5.26 Å². The van der Waals surface area contributed by atoms with Gasteiger partial charge in [-0.1, -0.05) is 12.1 Å². The van der Waals surface area contributed by atoms with Gasteiger partial charge >= 0.3 is 12.1 Å². The first-order valence-electron chi connectivity index (χ1n) is 11.5. The first-order chi connectivity index (χ1) is 19.0. The number of carbonyl (C=O) groups is 1. The van der Waals surface area contributed by atoms with E-state index in [9.17, 15) is 36.8 Å². The number of benzene rings is 2. The van der Waals surface area contributed by atoms with Crippen LogP contribution in [-0.4, -0.2) is 24.8 Å². The van der Waals surface area contributed by atoms with Crippen LogP contribution in [-0.2, 0) is 28.7 Å². The summed E-state index contributed by atoms with van der Waals surface area (Å²) in [4.78, 5) is 25.7. The molecule has 0 aliphatic heterocycles. The second kappa shape index (κ2) is 11.3. The van der Waals surface area contributed by atoms with Crippen molar-refractivity contribution in [2.24, 2.45) is 0 Å². The van der Waals surface area contributed by atoms with Crippen LogP contribution in [0, 0.1) is 23.0 Å². The van der Waals surface area contributed by atoms with Gasteiger partial charge in [0.25, 0.3) is 5.56 Å². The number of methoxy groups -OCH3 is 2. The van der Waals surface area contributed by atoms with Crippen molar-refractivity contribution in [3.63, 3.8) is 0 Å². The molecule has 2 aromatic heterocycles. The van der Waals surface area contributed by atoms with Crippen LogP contribution >= 0.6 is 11.3 Å². The number of halogens is 5. The Morgan fingerprint density at radius 2 is 1.75 bits per heavy atom. The van der Waals surface area contributed by atoms with Crippen molar-refractivity contribution in [2.45, 2.75) is 19.1 Å². The molecule has 0 radical (unpaired) electrons. The first kappa shape index (κ1) is 28.5. The molecule has 4 aromatic rings. The lowest BCUT2D eigenvalue weighted by Gasteiger charge is -2.17. The number of aromatic nitrogens is 1. The minimum Gasteiger partial charge on any atom is -0.496 e. The Morgan fingerprint density at radius 1 is 1.02 bits per heavy atom. The van der Waals surface area contributed by atoms with Crippen molar-refractivity contribution in [3.05, 3.63) is 98.8 Å². The van der Waals surface area contributed by atoms with Gasteiger partial charge in [-0.2, -0.15) is 18.4 Å². The van der Waals surface area contributed by atoms with Crippen molar-refractivity contribution >= 4 is 17.3 Å². The molecule has 0 N–H and O–H groups in total. The average molecular weight is 575 g/mol. The maximum absolute atomic E-state index is 14.5. The van der Waals surface area contributed by atoms with E-state index in [4.69, 9.17) is 9.47 Å². The molecule has 0 fully saturated rings. The Kier molecular flexibility index (Phi) is 8.06. The standard InChI is InChI=1S/C28H19F5N2O4S/c1-38-23-6-3-15(10-26(36)39-2)9-18(23)24-7-8-25(40-24)22-12-20(28(31,32)33)19(13-34)27(37)35(22)14-16-4-5-17(29)11-21(16)30/h3-9,11-12H,10,14H2,1-2H3. The molecule has 40 heavy (non-hydrogen) atoms. The summed E-state index contributed by atoms with van der Waals surface area (Å²) in [7, 11) is 2.68. The normalized spacial score (nSPS) is 11.2. The maximum Gasteiger partial charge on any atom is 0.417 e. The Morgan fingerprint density at radius 3 is 2.38 bits per heavy atom. The molecule has 0 aliphatic carbocycles. The minimum absolute atomic E-state index is 0.0287. The number of esters is 1. The van der Waals surface area contributed by atoms with Crippen LogP contribution in [0.25, 0.3) is 21.0 Å². The van der Waals surface area contributed by atoms with Crippen LogP contribution in [0.3, 0.4) is 0 Å². The molecule has 206 valence electrons. The van der Waals surface area contributed by atoms with Crippen LogP contribution < -0.4 is 10.3 Å². The monoisotopic (exact) mass is 574 g/mol. The molecule has 0 spiro atoms. The van der Waals surface area contributed by atoms with E-state index >= 15 is 0 Å². The summed E-state index contributed by atoms with van der Waals surface area (Å²) >= 11 is 1.01. The third kappa shape index (κ3) is 5.74. The summed E-state index contributed by atoms with van der Waals surface area (Å²) in [6.07, 6.45) is -5.05. The maximum atomic E-state index is 14.5. The second-order valence-electron chi connectivity index (χ2n) is 8.51. The summed E-state index contributed by atoms with van der Waals surface area (Å²) in [5.74, 6) is -1.93. The zero-order valence-electron chi connectivity index (χ0n) is 20.9. The Labute approximate surface area is 228 Å². The fraction of sp³-hybridized carbons (Fsp3) is 0.179. The smallest absolute Gasteiger partial charge is 0.417 e. The summed E-state index contributed by atoms with van der Waals surface area (Å²) in [5.41, 5.74) is -3.11. The van der Waals surface area contributed by atoms with Crippen molar-refractivity contribution in [2.75, 3.05) is 14.2 Å². The number of hydrogen-bond acceptors (Lipinski definition) is 6. The molecule has 2 aromatic carbocycles. The van der Waals surface area contributed by atoms with Gasteiger partial charge in [-0.05, 0) is 42.0 Å². The van der Waals surface area contributed by atoms with Crippen LogP contribution in [0.2, 0.25) is 0 Å². The number of ether oxygens (including phenoxy) is 2. The van der Waals surface area contributed by atoms with Crippen LogP contribution in [0.4, 0.5) is 22.0 Å². The van der Waals surface area contributed by atoms with E-state index in [0.717, 1.165) is 28.0 Å². The molecule has 0 amide bonds. The number of alkyl halides is 3. The highest BCUT2D eigenvalue weighted by molar-refractivity contribution is 7.18. The summed E-state index contributed by atoms with van der Waals surface area (Å²) in [5, 5.41) is 9.39. The largest absolute Gasteiger partial charge is 0.496 e. The molecule has 0 saturated carbocycles. The van der Waals surface area contributed by atoms with Gasteiger partial charge in [0, 0.05) is 22.1 Å². The van der Waals surface area contributed by atoms with Gasteiger partial charge in [0.15, 0.2) is 0 Å². The lowest BCUT2D eigenvalue weighted by atomic mass is 10.1. The number of nitriles is 1. The third-order valence-electron chi connectivity index (χ3n) is 6.02. The molecule has 2 heterocycles. The van der Waals surface area contributed by atoms with Crippen LogP contribution in [0.5, 0.6) is 5.75 Å². The van der Waals surface area contributed by atoms with Crippen LogP contribution in [0.15, 0.2) is 59.4 Å². The molecule has 0 unspecified atom stereocenters. The van der Waals surface area contributed by atoms with Gasteiger partial charge in [0.2, 0.25) is 0 Å². The number of hydrogen-bond donors (Lipinski definition) is 0. The third-order valence-corrected chi connectivity index (χ3v) is 7.17. The predicted molar refractivity (Wildman–Crippen MR) is 137 cm³/mol. The average Bonchev–Trinajstić information content (AvgIpc) is 3.40. The molecule has 0 saturated heterocycles. The minimum atomic E-state index is -5.02. The zero-order valence-corrected chi connectivity index (χ0v) is 21.8. The first-order valence-corrected chi connectivity index (χ1v) is 12.3. The predicted octanol–water partition coefficient (Wildman–Crippen LogP) is 6.18. The van der Waals surface area contributed by atoms with E-state index in [1.807, 2.05) is 0 Å². The molecule has 0 bridgehead atoms. The number of pyridine rings is 1. The fourth-order valence-electron chi connectivity index (χ4n) is 4.08. The van der Waals surface area contributed by atoms with Gasteiger partial charge < -0.3 is 14.0 Å². The Hall–Kier alpha value is -4.50. The van der Waals surface area contributed by atoms with E-state index in [2.05, 4.69) is 0 Å². The highest BCUT2D eigenvalue weighted by Crippen LogP contribution is 2.41. The Bertz CT molecular complexity index is 1700. The second-order valence-corrected chi connectivity index (χ2v) is 9.59. The molecular weight excluding hydrogens is 555 g/mol. The molecule has 0 aliphatic rings. The fourth-order valence-corrected chi connectivity index (χ4v) is 5.13. The molecule has 6 nitrogen and oxygen atoms in total. The highest BCUT2D eigenvalue weighted by atomic mass is 32.1. The molecule has 12 heteroatoms. The molecular formula is C28H19F5N2O4S. The molecule has 0 atom stereocenters. The number of thiophene rings is 1. The zero-order chi connectivity index (χ0) is 29.2. The van der Waals surface area contributed by atoms with Crippen molar-refractivity contribution in [3.8, 4) is 32.8 Å². The highest BCUT2D eigenvalue weighted by Gasteiger charge is 2.37.